The van der Waals surface area contributed by atoms with E-state index in [1.165, 1.54) is 7.11 Å². The van der Waals surface area contributed by atoms with Gasteiger partial charge in [0, 0.05) is 26.1 Å². The topological polar surface area (TPSA) is 50.8 Å². The van der Waals surface area contributed by atoms with Crippen LogP contribution in [0.2, 0.25) is 0 Å². The number of methoxy groups -OCH3 is 1. The molecule has 1 N–H and O–H groups in total. The van der Waals surface area contributed by atoms with Gasteiger partial charge in [0.1, 0.15) is 5.54 Å². The van der Waals surface area contributed by atoms with Crippen LogP contribution in [0.4, 0.5) is 0 Å². The Morgan fingerprint density at radius 3 is 2.50 bits per heavy atom. The summed E-state index contributed by atoms with van der Waals surface area (Å²) in [4.78, 5) is 14.6. The Balaban J connectivity index is 2.67. The van der Waals surface area contributed by atoms with Gasteiger partial charge in [0.25, 0.3) is 0 Å². The summed E-state index contributed by atoms with van der Waals surface area (Å²) < 4.78 is 10.8. The molecule has 1 heterocycles. The first kappa shape index (κ1) is 17.4. The highest BCUT2D eigenvalue weighted by Crippen LogP contribution is 2.32. The van der Waals surface area contributed by atoms with Gasteiger partial charge in [-0.2, -0.15) is 0 Å². The summed E-state index contributed by atoms with van der Waals surface area (Å²) in [7, 11) is 1.46. The summed E-state index contributed by atoms with van der Waals surface area (Å²) in [5.41, 5.74) is -0.904. The van der Waals surface area contributed by atoms with E-state index in [0.29, 0.717) is 19.4 Å². The molecule has 0 aliphatic carbocycles. The second-order valence-corrected chi connectivity index (χ2v) is 6.06. The molecule has 1 unspecified atom stereocenters. The van der Waals surface area contributed by atoms with Crippen molar-refractivity contribution < 1.29 is 14.3 Å². The predicted octanol–water partition coefficient (Wildman–Crippen LogP) is 1.42. The largest absolute Gasteiger partial charge is 0.468 e. The first-order valence-corrected chi connectivity index (χ1v) is 7.59. The van der Waals surface area contributed by atoms with Crippen molar-refractivity contribution in [2.45, 2.75) is 51.7 Å². The molecule has 0 amide bonds. The van der Waals surface area contributed by atoms with Gasteiger partial charge in [-0.1, -0.05) is 13.8 Å². The maximum Gasteiger partial charge on any atom is 0.326 e. The molecule has 0 spiro atoms. The molecular formula is C15H30N2O3. The molecule has 1 fully saturated rings. The van der Waals surface area contributed by atoms with Crippen LogP contribution in [0.1, 0.15) is 40.5 Å². The van der Waals surface area contributed by atoms with Crippen molar-refractivity contribution in [3.8, 4) is 0 Å². The van der Waals surface area contributed by atoms with Gasteiger partial charge < -0.3 is 19.7 Å². The van der Waals surface area contributed by atoms with E-state index in [1.807, 2.05) is 13.8 Å². The SMILES string of the molecule is CCN(CC)CCNC1(C(=O)OC)CCOC(C)(C)C1. The predicted molar refractivity (Wildman–Crippen MR) is 79.8 cm³/mol. The van der Waals surface area contributed by atoms with E-state index in [2.05, 4.69) is 24.1 Å². The average Bonchev–Trinajstić information content (AvgIpc) is 2.41. The van der Waals surface area contributed by atoms with E-state index >= 15 is 0 Å². The third kappa shape index (κ3) is 4.43. The highest BCUT2D eigenvalue weighted by Gasteiger charge is 2.47. The molecule has 0 saturated carbocycles. The van der Waals surface area contributed by atoms with E-state index in [0.717, 1.165) is 26.2 Å². The molecule has 1 aliphatic heterocycles. The Labute approximate surface area is 123 Å². The molecule has 0 aromatic rings. The van der Waals surface area contributed by atoms with Gasteiger partial charge in [-0.3, -0.25) is 4.79 Å². The Morgan fingerprint density at radius 1 is 1.35 bits per heavy atom. The molecule has 1 atom stereocenters. The fourth-order valence-electron chi connectivity index (χ4n) is 2.95. The maximum absolute atomic E-state index is 12.2. The minimum Gasteiger partial charge on any atom is -0.468 e. The number of esters is 1. The molecule has 5 nitrogen and oxygen atoms in total. The van der Waals surface area contributed by atoms with E-state index < -0.39 is 5.54 Å². The third-order valence-electron chi connectivity index (χ3n) is 4.11. The van der Waals surface area contributed by atoms with Crippen LogP contribution in [0.3, 0.4) is 0 Å². The number of rotatable bonds is 7. The maximum atomic E-state index is 12.2. The third-order valence-corrected chi connectivity index (χ3v) is 4.11. The number of carbonyl (C=O) groups is 1. The van der Waals surface area contributed by atoms with Crippen LogP contribution >= 0.6 is 0 Å². The van der Waals surface area contributed by atoms with E-state index in [9.17, 15) is 4.79 Å². The van der Waals surface area contributed by atoms with Crippen LogP contribution in [-0.2, 0) is 14.3 Å². The van der Waals surface area contributed by atoms with Crippen LogP contribution in [0.5, 0.6) is 0 Å². The normalized spacial score (nSPS) is 25.7. The number of ether oxygens (including phenoxy) is 2. The van der Waals surface area contributed by atoms with Crippen molar-refractivity contribution in [1.29, 1.82) is 0 Å². The van der Waals surface area contributed by atoms with E-state index in [4.69, 9.17) is 9.47 Å². The standard InChI is InChI=1S/C15H30N2O3/c1-6-17(7-2)10-9-16-15(13(18)19-5)8-11-20-14(3,4)12-15/h16H,6-12H2,1-5H3. The molecule has 1 saturated heterocycles. The Bertz CT molecular complexity index is 316. The Hall–Kier alpha value is -0.650. The lowest BCUT2D eigenvalue weighted by molar-refractivity contribution is -0.161. The number of hydrogen-bond acceptors (Lipinski definition) is 5. The number of hydrogen-bond donors (Lipinski definition) is 1. The van der Waals surface area contributed by atoms with Crippen LogP contribution in [0.25, 0.3) is 0 Å². The van der Waals surface area contributed by atoms with Gasteiger partial charge in [-0.15, -0.1) is 0 Å². The van der Waals surface area contributed by atoms with Gasteiger partial charge >= 0.3 is 5.97 Å². The van der Waals surface area contributed by atoms with Crippen LogP contribution in [0, 0.1) is 0 Å². The first-order chi connectivity index (χ1) is 9.39. The van der Waals surface area contributed by atoms with Crippen LogP contribution < -0.4 is 5.32 Å². The lowest BCUT2D eigenvalue weighted by Crippen LogP contribution is -2.61. The second-order valence-electron chi connectivity index (χ2n) is 6.06. The minimum absolute atomic E-state index is 0.173. The monoisotopic (exact) mass is 286 g/mol. The van der Waals surface area contributed by atoms with Crippen LogP contribution in [0.15, 0.2) is 0 Å². The molecule has 0 radical (unpaired) electrons. The van der Waals surface area contributed by atoms with Crippen molar-refractivity contribution in [1.82, 2.24) is 10.2 Å². The summed E-state index contributed by atoms with van der Waals surface area (Å²) in [5.74, 6) is -0.173. The molecule has 20 heavy (non-hydrogen) atoms. The smallest absolute Gasteiger partial charge is 0.326 e. The van der Waals surface area contributed by atoms with Gasteiger partial charge in [0.05, 0.1) is 12.7 Å². The highest BCUT2D eigenvalue weighted by atomic mass is 16.5. The van der Waals surface area contributed by atoms with Crippen LogP contribution in [-0.4, -0.2) is 61.9 Å². The van der Waals surface area contributed by atoms with Gasteiger partial charge in [0.2, 0.25) is 0 Å². The zero-order valence-corrected chi connectivity index (χ0v) is 13.6. The summed E-state index contributed by atoms with van der Waals surface area (Å²) >= 11 is 0. The molecule has 1 rings (SSSR count). The lowest BCUT2D eigenvalue weighted by Gasteiger charge is -2.43. The van der Waals surface area contributed by atoms with Crippen molar-refractivity contribution >= 4 is 5.97 Å². The molecule has 0 bridgehead atoms. The number of carbonyl (C=O) groups excluding carboxylic acids is 1. The van der Waals surface area contributed by atoms with Crippen molar-refractivity contribution in [3.63, 3.8) is 0 Å². The van der Waals surface area contributed by atoms with E-state index in [1.54, 1.807) is 0 Å². The molecule has 118 valence electrons. The zero-order chi connectivity index (χ0) is 15.2. The van der Waals surface area contributed by atoms with Crippen molar-refractivity contribution in [2.75, 3.05) is 39.9 Å². The van der Waals surface area contributed by atoms with E-state index in [-0.39, 0.29) is 11.6 Å². The quantitative estimate of drug-likeness (QED) is 0.717. The summed E-state index contributed by atoms with van der Waals surface area (Å²) in [5, 5.41) is 3.44. The summed E-state index contributed by atoms with van der Waals surface area (Å²) in [6, 6.07) is 0. The highest BCUT2D eigenvalue weighted by molar-refractivity contribution is 5.81. The van der Waals surface area contributed by atoms with Crippen molar-refractivity contribution in [3.05, 3.63) is 0 Å². The molecule has 5 heteroatoms. The Morgan fingerprint density at radius 2 is 2.00 bits per heavy atom. The Kier molecular flexibility index (Phi) is 6.43. The summed E-state index contributed by atoms with van der Waals surface area (Å²) in [6.07, 6.45) is 1.31. The van der Waals surface area contributed by atoms with Crippen molar-refractivity contribution in [2.24, 2.45) is 0 Å². The lowest BCUT2D eigenvalue weighted by atomic mass is 9.81. The fourth-order valence-corrected chi connectivity index (χ4v) is 2.95. The zero-order valence-electron chi connectivity index (χ0n) is 13.6. The average molecular weight is 286 g/mol. The number of nitrogens with one attached hydrogen (secondary N) is 1. The second kappa shape index (κ2) is 7.38. The minimum atomic E-state index is -0.607. The van der Waals surface area contributed by atoms with Gasteiger partial charge in [0.15, 0.2) is 0 Å². The van der Waals surface area contributed by atoms with Gasteiger partial charge in [-0.25, -0.2) is 0 Å². The number of likely N-dealkylation sites (N-methyl/N-ethyl adjacent to an activating group) is 1. The molecule has 0 aromatic carbocycles. The first-order valence-electron chi connectivity index (χ1n) is 7.59. The molecule has 0 aromatic heterocycles. The number of nitrogens with zero attached hydrogens (tertiary/aromatic N) is 1. The molecular weight excluding hydrogens is 256 g/mol. The van der Waals surface area contributed by atoms with Gasteiger partial charge in [-0.05, 0) is 33.4 Å². The summed E-state index contributed by atoms with van der Waals surface area (Å²) in [6.45, 7) is 12.7. The fraction of sp³-hybridized carbons (Fsp3) is 0.933. The molecule has 1 aliphatic rings.